The van der Waals surface area contributed by atoms with Gasteiger partial charge in [-0.2, -0.15) is 5.10 Å². The van der Waals surface area contributed by atoms with E-state index in [-0.39, 0.29) is 5.91 Å². The minimum atomic E-state index is -0.416. The smallest absolute Gasteiger partial charge is 0.251 e. The van der Waals surface area contributed by atoms with Crippen LogP contribution in [0.1, 0.15) is 39.9 Å². The Bertz CT molecular complexity index is 1140. The summed E-state index contributed by atoms with van der Waals surface area (Å²) in [5.74, 6) is -0.0402. The fraction of sp³-hybridized carbons (Fsp3) is 0.429. The zero-order valence-electron chi connectivity index (χ0n) is 21.0. The van der Waals surface area contributed by atoms with Crippen molar-refractivity contribution in [2.45, 2.75) is 38.5 Å². The van der Waals surface area contributed by atoms with Gasteiger partial charge < -0.3 is 21.1 Å². The number of nitrogens with two attached hydrogens (primary N) is 1. The maximum absolute atomic E-state index is 12.5. The first-order valence-corrected chi connectivity index (χ1v) is 12.9. The summed E-state index contributed by atoms with van der Waals surface area (Å²) in [6, 6.07) is 14.5. The second kappa shape index (κ2) is 11.3. The molecular weight excluding hydrogens is 452 g/mol. The summed E-state index contributed by atoms with van der Waals surface area (Å²) in [5, 5.41) is 13.0. The first-order valence-electron chi connectivity index (χ1n) is 12.9. The predicted molar refractivity (Wildman–Crippen MR) is 144 cm³/mol. The third-order valence-electron chi connectivity index (χ3n) is 6.89. The number of nitrogens with one attached hydrogen (secondary N) is 2. The van der Waals surface area contributed by atoms with E-state index < -0.39 is 6.17 Å². The SMILES string of the molecule is Cc1ccc(C(=O)NC2CC2)cc1N1N=CC(=Cc2cccc(CNCCN3CCOCC3)c2)C1N. The van der Waals surface area contributed by atoms with Crippen molar-refractivity contribution in [3.63, 3.8) is 0 Å². The maximum Gasteiger partial charge on any atom is 0.251 e. The van der Waals surface area contributed by atoms with Gasteiger partial charge in [0.15, 0.2) is 0 Å². The Labute approximate surface area is 213 Å². The molecule has 2 aromatic carbocycles. The summed E-state index contributed by atoms with van der Waals surface area (Å²) in [6.45, 7) is 8.52. The van der Waals surface area contributed by atoms with Crippen LogP contribution in [-0.4, -0.2) is 68.6 Å². The van der Waals surface area contributed by atoms with E-state index in [1.54, 1.807) is 5.01 Å². The number of hydrogen-bond donors (Lipinski definition) is 3. The molecule has 0 aromatic heterocycles. The van der Waals surface area contributed by atoms with Gasteiger partial charge in [0, 0.05) is 49.9 Å². The van der Waals surface area contributed by atoms with Crippen LogP contribution >= 0.6 is 0 Å². The normalized spacial score (nSPS) is 21.3. The Morgan fingerprint density at radius 1 is 1.19 bits per heavy atom. The number of carbonyl (C=O) groups is 1. The highest BCUT2D eigenvalue weighted by Crippen LogP contribution is 2.29. The monoisotopic (exact) mass is 488 g/mol. The van der Waals surface area contributed by atoms with E-state index in [1.165, 1.54) is 5.56 Å². The first kappa shape index (κ1) is 24.6. The zero-order valence-corrected chi connectivity index (χ0v) is 21.0. The number of nitrogens with zero attached hydrogens (tertiary/aromatic N) is 3. The molecule has 2 aromatic rings. The third-order valence-corrected chi connectivity index (χ3v) is 6.89. The van der Waals surface area contributed by atoms with Crippen molar-refractivity contribution >= 4 is 23.9 Å². The molecule has 3 aliphatic rings. The van der Waals surface area contributed by atoms with Gasteiger partial charge in [-0.05, 0) is 54.7 Å². The highest BCUT2D eigenvalue weighted by molar-refractivity contribution is 5.96. The quantitative estimate of drug-likeness (QED) is 0.470. The maximum atomic E-state index is 12.5. The van der Waals surface area contributed by atoms with E-state index in [1.807, 2.05) is 31.3 Å². The lowest BCUT2D eigenvalue weighted by atomic mass is 10.1. The highest BCUT2D eigenvalue weighted by atomic mass is 16.5. The summed E-state index contributed by atoms with van der Waals surface area (Å²) >= 11 is 0. The fourth-order valence-electron chi connectivity index (χ4n) is 4.53. The molecule has 1 saturated carbocycles. The number of carbonyl (C=O) groups excluding carboxylic acids is 1. The van der Waals surface area contributed by atoms with Crippen molar-refractivity contribution in [3.05, 3.63) is 70.3 Å². The number of amides is 1. The van der Waals surface area contributed by atoms with Crippen molar-refractivity contribution in [1.82, 2.24) is 15.5 Å². The Morgan fingerprint density at radius 2 is 2.03 bits per heavy atom. The van der Waals surface area contributed by atoms with Crippen LogP contribution in [0.15, 0.2) is 53.1 Å². The molecule has 190 valence electrons. The van der Waals surface area contributed by atoms with Crippen molar-refractivity contribution < 1.29 is 9.53 Å². The summed E-state index contributed by atoms with van der Waals surface area (Å²) in [6.07, 6.45) is 5.61. The Morgan fingerprint density at radius 3 is 2.83 bits per heavy atom. The average molecular weight is 489 g/mol. The van der Waals surface area contributed by atoms with E-state index in [9.17, 15) is 4.79 Å². The summed E-state index contributed by atoms with van der Waals surface area (Å²) in [7, 11) is 0. The molecule has 1 unspecified atom stereocenters. The van der Waals surface area contributed by atoms with Gasteiger partial charge in [0.05, 0.1) is 25.1 Å². The van der Waals surface area contributed by atoms with Gasteiger partial charge in [0.1, 0.15) is 6.17 Å². The minimum absolute atomic E-state index is 0.0402. The minimum Gasteiger partial charge on any atom is -0.379 e. The number of hydrogen-bond acceptors (Lipinski definition) is 7. The molecule has 5 rings (SSSR count). The third kappa shape index (κ3) is 6.20. The molecule has 2 fully saturated rings. The predicted octanol–water partition coefficient (Wildman–Crippen LogP) is 2.48. The van der Waals surface area contributed by atoms with Crippen LogP contribution in [0.4, 0.5) is 5.69 Å². The van der Waals surface area contributed by atoms with Gasteiger partial charge in [-0.3, -0.25) is 9.69 Å². The van der Waals surface area contributed by atoms with E-state index in [0.29, 0.717) is 11.6 Å². The number of anilines is 1. The van der Waals surface area contributed by atoms with Gasteiger partial charge in [0.25, 0.3) is 5.91 Å². The van der Waals surface area contributed by atoms with Gasteiger partial charge in [0.2, 0.25) is 0 Å². The number of ether oxygens (including phenoxy) is 1. The summed E-state index contributed by atoms with van der Waals surface area (Å²) in [5.41, 5.74) is 12.4. The van der Waals surface area contributed by atoms with Crippen LogP contribution in [0.25, 0.3) is 6.08 Å². The molecule has 36 heavy (non-hydrogen) atoms. The number of hydrazone groups is 1. The van der Waals surface area contributed by atoms with Crippen molar-refractivity contribution in [3.8, 4) is 0 Å². The van der Waals surface area contributed by atoms with Crippen LogP contribution in [0.2, 0.25) is 0 Å². The molecule has 1 atom stereocenters. The second-order valence-electron chi connectivity index (χ2n) is 9.80. The molecular formula is C28H36N6O2. The summed E-state index contributed by atoms with van der Waals surface area (Å²) < 4.78 is 5.41. The number of benzene rings is 2. The molecule has 8 heteroatoms. The highest BCUT2D eigenvalue weighted by Gasteiger charge is 2.27. The largest absolute Gasteiger partial charge is 0.379 e. The van der Waals surface area contributed by atoms with Crippen LogP contribution in [0, 0.1) is 6.92 Å². The van der Waals surface area contributed by atoms with Gasteiger partial charge >= 0.3 is 0 Å². The topological polar surface area (TPSA) is 95.2 Å². The van der Waals surface area contributed by atoms with E-state index >= 15 is 0 Å². The molecule has 8 nitrogen and oxygen atoms in total. The standard InChI is InChI=1S/C28H36N6O2/c1-20-5-6-23(28(35)32-25-7-8-25)17-26(20)34-27(29)24(19-31-34)16-21-3-2-4-22(15-21)18-30-9-10-33-11-13-36-14-12-33/h2-6,15-17,19,25,27,30H,7-14,18,29H2,1H3,(H,32,35). The molecule has 4 N–H and O–H groups in total. The fourth-order valence-corrected chi connectivity index (χ4v) is 4.53. The van der Waals surface area contributed by atoms with Crippen LogP contribution in [-0.2, 0) is 11.3 Å². The lowest BCUT2D eigenvalue weighted by Crippen LogP contribution is -2.40. The van der Waals surface area contributed by atoms with Crippen molar-refractivity contribution in [2.24, 2.45) is 10.8 Å². The molecule has 1 saturated heterocycles. The van der Waals surface area contributed by atoms with Gasteiger partial charge in [-0.15, -0.1) is 0 Å². The number of rotatable bonds is 9. The Kier molecular flexibility index (Phi) is 7.77. The average Bonchev–Trinajstić information content (AvgIpc) is 3.64. The number of aryl methyl sites for hydroxylation is 1. The Hall–Kier alpha value is -3.04. The lowest BCUT2D eigenvalue weighted by Gasteiger charge is -2.26. The second-order valence-corrected chi connectivity index (χ2v) is 9.80. The van der Waals surface area contributed by atoms with E-state index in [2.05, 4.69) is 51.0 Å². The molecule has 0 bridgehead atoms. The lowest BCUT2D eigenvalue weighted by molar-refractivity contribution is 0.0384. The zero-order chi connectivity index (χ0) is 24.9. The van der Waals surface area contributed by atoms with E-state index in [0.717, 1.165) is 81.2 Å². The van der Waals surface area contributed by atoms with Gasteiger partial charge in [-0.25, -0.2) is 5.01 Å². The van der Waals surface area contributed by atoms with Crippen molar-refractivity contribution in [1.29, 1.82) is 0 Å². The van der Waals surface area contributed by atoms with Crippen LogP contribution < -0.4 is 21.4 Å². The molecule has 0 spiro atoms. The van der Waals surface area contributed by atoms with Crippen LogP contribution in [0.5, 0.6) is 0 Å². The summed E-state index contributed by atoms with van der Waals surface area (Å²) in [4.78, 5) is 15.0. The molecule has 1 aliphatic carbocycles. The van der Waals surface area contributed by atoms with Crippen LogP contribution in [0.3, 0.4) is 0 Å². The number of morpholine rings is 1. The molecule has 0 radical (unpaired) electrons. The van der Waals surface area contributed by atoms with E-state index in [4.69, 9.17) is 10.5 Å². The molecule has 2 heterocycles. The first-order chi connectivity index (χ1) is 17.6. The molecule has 1 amide bonds. The molecule has 2 aliphatic heterocycles. The Balaban J connectivity index is 1.20. The van der Waals surface area contributed by atoms with Crippen molar-refractivity contribution in [2.75, 3.05) is 44.4 Å². The van der Waals surface area contributed by atoms with Gasteiger partial charge in [-0.1, -0.05) is 30.3 Å².